The number of hydrogen-bond acceptors (Lipinski definition) is 7. The van der Waals surface area contributed by atoms with Gasteiger partial charge in [0.2, 0.25) is 0 Å². The van der Waals surface area contributed by atoms with Gasteiger partial charge in [0.1, 0.15) is 11.5 Å². The van der Waals surface area contributed by atoms with Crippen LogP contribution in [0.5, 0.6) is 0 Å². The van der Waals surface area contributed by atoms with Crippen LogP contribution in [0, 0.1) is 0 Å². The normalized spacial score (nSPS) is 16.6. The third-order valence-electron chi connectivity index (χ3n) is 6.57. The highest BCUT2D eigenvalue weighted by molar-refractivity contribution is 5.93. The molecule has 0 spiro atoms. The van der Waals surface area contributed by atoms with E-state index in [1.807, 2.05) is 18.2 Å². The molecule has 2 aliphatic carbocycles. The van der Waals surface area contributed by atoms with Crippen LogP contribution in [0.1, 0.15) is 79.4 Å². The van der Waals surface area contributed by atoms with Crippen LogP contribution in [0.25, 0.3) is 11.0 Å². The van der Waals surface area contributed by atoms with Crippen LogP contribution in [0.4, 0.5) is 18.0 Å². The molecule has 1 aromatic carbocycles. The molecule has 11 nitrogen and oxygen atoms in total. The minimum atomic E-state index is -4.28. The molecule has 3 aromatic rings. The van der Waals surface area contributed by atoms with Crippen molar-refractivity contribution in [2.75, 3.05) is 20.2 Å². The topological polar surface area (TPSA) is 138 Å². The number of nitrogens with zero attached hydrogens (tertiary/aromatic N) is 4. The van der Waals surface area contributed by atoms with E-state index >= 15 is 0 Å². The highest BCUT2D eigenvalue weighted by Gasteiger charge is 2.47. The van der Waals surface area contributed by atoms with Crippen molar-refractivity contribution in [1.82, 2.24) is 35.8 Å². The average molecular weight is 566 g/mol. The highest BCUT2D eigenvalue weighted by atomic mass is 19.4. The number of imidazole rings is 1. The van der Waals surface area contributed by atoms with Crippen LogP contribution in [-0.2, 0) is 17.8 Å². The molecule has 40 heavy (non-hydrogen) atoms. The van der Waals surface area contributed by atoms with Gasteiger partial charge >= 0.3 is 12.2 Å². The highest BCUT2D eigenvalue weighted by Crippen LogP contribution is 2.40. The van der Waals surface area contributed by atoms with E-state index in [0.29, 0.717) is 31.2 Å². The molecule has 0 atom stereocenters. The standard InChI is InChI=1S/C18H19N7O3.C5H9F3O.C3H6/c26-17(16-15(11-2-3-11)23-28-24-16)20-8-14-21-12-4-1-10(7-13(12)22-14)9-25-6-5-19-18(25)27;1-4(2,9-3)5(6,7)8;1-2-3-1/h1,4,7,11H,2-3,5-6,8-9H2,(H,19,27)(H,20,26)(H,21,22);1-3H3;1-3H2. The molecule has 3 aliphatic rings. The van der Waals surface area contributed by atoms with Crippen molar-refractivity contribution in [1.29, 1.82) is 0 Å². The van der Waals surface area contributed by atoms with Gasteiger partial charge in [-0.05, 0) is 49.5 Å². The number of carbonyl (C=O) groups is 2. The summed E-state index contributed by atoms with van der Waals surface area (Å²) in [5, 5.41) is 13.2. The fraction of sp³-hybridized carbons (Fsp3) is 0.577. The second-order valence-electron chi connectivity index (χ2n) is 10.4. The first-order valence-electron chi connectivity index (χ1n) is 13.2. The Morgan fingerprint density at radius 3 is 2.48 bits per heavy atom. The number of ether oxygens (including phenoxy) is 1. The van der Waals surface area contributed by atoms with Crippen molar-refractivity contribution in [3.05, 3.63) is 41.0 Å². The molecule has 2 saturated carbocycles. The largest absolute Gasteiger partial charge is 0.416 e. The second-order valence-corrected chi connectivity index (χ2v) is 10.4. The van der Waals surface area contributed by atoms with Crippen LogP contribution in [0.15, 0.2) is 22.8 Å². The Kier molecular flexibility index (Phi) is 8.96. The fourth-order valence-corrected chi connectivity index (χ4v) is 3.52. The number of alkyl halides is 3. The lowest BCUT2D eigenvalue weighted by molar-refractivity contribution is -0.255. The number of H-pyrrole nitrogens is 1. The number of carbonyl (C=O) groups excluding carboxylic acids is 2. The quantitative estimate of drug-likeness (QED) is 0.385. The summed E-state index contributed by atoms with van der Waals surface area (Å²) in [5.74, 6) is 0.613. The Morgan fingerprint density at radius 2 is 1.93 bits per heavy atom. The Hall–Kier alpha value is -3.68. The maximum atomic E-state index is 12.4. The van der Waals surface area contributed by atoms with E-state index in [9.17, 15) is 22.8 Å². The number of aromatic amines is 1. The number of methoxy groups -OCH3 is 1. The minimum Gasteiger partial charge on any atom is -0.369 e. The molecule has 0 bridgehead atoms. The number of nitrogens with one attached hydrogen (secondary N) is 3. The van der Waals surface area contributed by atoms with Gasteiger partial charge in [-0.1, -0.05) is 30.5 Å². The van der Waals surface area contributed by atoms with Crippen molar-refractivity contribution in [2.24, 2.45) is 0 Å². The Bertz CT molecular complexity index is 1310. The van der Waals surface area contributed by atoms with Gasteiger partial charge in [0, 0.05) is 32.7 Å². The molecule has 14 heteroatoms. The number of aromatic nitrogens is 4. The van der Waals surface area contributed by atoms with Crippen LogP contribution in [-0.4, -0.2) is 69.1 Å². The van der Waals surface area contributed by atoms with E-state index in [1.54, 1.807) is 4.90 Å². The summed E-state index contributed by atoms with van der Waals surface area (Å²) in [6, 6.07) is 5.81. The van der Waals surface area contributed by atoms with Crippen molar-refractivity contribution >= 4 is 23.0 Å². The molecule has 3 N–H and O–H groups in total. The number of halogens is 3. The molecule has 3 amide bonds. The van der Waals surface area contributed by atoms with Crippen LogP contribution < -0.4 is 10.6 Å². The number of fused-ring (bicyclic) bond motifs is 1. The van der Waals surface area contributed by atoms with E-state index in [1.165, 1.54) is 19.3 Å². The number of benzene rings is 1. The van der Waals surface area contributed by atoms with Crippen LogP contribution in [0.3, 0.4) is 0 Å². The lowest BCUT2D eigenvalue weighted by atomic mass is 10.1. The van der Waals surface area contributed by atoms with Crippen LogP contribution >= 0.6 is 0 Å². The van der Waals surface area contributed by atoms with Crippen molar-refractivity contribution in [3.63, 3.8) is 0 Å². The molecule has 0 radical (unpaired) electrons. The van der Waals surface area contributed by atoms with E-state index in [4.69, 9.17) is 4.63 Å². The zero-order valence-electron chi connectivity index (χ0n) is 22.7. The fourth-order valence-electron chi connectivity index (χ4n) is 3.52. The number of hydrogen-bond donors (Lipinski definition) is 3. The Morgan fingerprint density at radius 1 is 1.20 bits per heavy atom. The van der Waals surface area contributed by atoms with E-state index in [2.05, 4.69) is 35.7 Å². The second kappa shape index (κ2) is 12.2. The summed E-state index contributed by atoms with van der Waals surface area (Å²) in [7, 11) is 1.04. The molecule has 1 aliphatic heterocycles. The van der Waals surface area contributed by atoms with Gasteiger partial charge in [-0.25, -0.2) is 14.4 Å². The lowest BCUT2D eigenvalue weighted by Crippen LogP contribution is -2.40. The zero-order chi connectivity index (χ0) is 28.9. The van der Waals surface area contributed by atoms with Gasteiger partial charge in [0.25, 0.3) is 5.91 Å². The Balaban J connectivity index is 0.000000258. The molecule has 2 aromatic heterocycles. The van der Waals surface area contributed by atoms with Crippen molar-refractivity contribution in [2.45, 2.75) is 76.7 Å². The number of rotatable bonds is 7. The summed E-state index contributed by atoms with van der Waals surface area (Å²) < 4.78 is 44.0. The number of amides is 3. The monoisotopic (exact) mass is 565 g/mol. The molecule has 3 fully saturated rings. The first kappa shape index (κ1) is 29.3. The van der Waals surface area contributed by atoms with Gasteiger partial charge in [-0.3, -0.25) is 4.79 Å². The maximum absolute atomic E-state index is 12.4. The maximum Gasteiger partial charge on any atom is 0.416 e. The molecule has 1 saturated heterocycles. The predicted molar refractivity (Wildman–Crippen MR) is 138 cm³/mol. The van der Waals surface area contributed by atoms with Crippen LogP contribution in [0.2, 0.25) is 0 Å². The van der Waals surface area contributed by atoms with Gasteiger partial charge in [-0.2, -0.15) is 13.2 Å². The first-order valence-corrected chi connectivity index (χ1v) is 13.2. The summed E-state index contributed by atoms with van der Waals surface area (Å²) >= 11 is 0. The van der Waals surface area contributed by atoms with E-state index < -0.39 is 11.8 Å². The molecule has 0 unspecified atom stereocenters. The minimum absolute atomic E-state index is 0.0407. The average Bonchev–Trinajstić information content (AvgIpc) is 3.85. The third-order valence-corrected chi connectivity index (χ3v) is 6.57. The number of urea groups is 1. The smallest absolute Gasteiger partial charge is 0.369 e. The van der Waals surface area contributed by atoms with E-state index in [0.717, 1.165) is 50.4 Å². The Labute approximate surface area is 229 Å². The molecule has 218 valence electrons. The summed E-state index contributed by atoms with van der Waals surface area (Å²) in [5.41, 5.74) is 1.56. The van der Waals surface area contributed by atoms with E-state index in [-0.39, 0.29) is 30.1 Å². The molecule has 6 rings (SSSR count). The van der Waals surface area contributed by atoms with Gasteiger partial charge in [-0.15, -0.1) is 0 Å². The predicted octanol–water partition coefficient (Wildman–Crippen LogP) is 4.42. The van der Waals surface area contributed by atoms with Crippen molar-refractivity contribution in [3.8, 4) is 0 Å². The first-order chi connectivity index (χ1) is 19.0. The molecule has 3 heterocycles. The third kappa shape index (κ3) is 7.71. The van der Waals surface area contributed by atoms with Gasteiger partial charge in [0.05, 0.1) is 17.6 Å². The van der Waals surface area contributed by atoms with Gasteiger partial charge < -0.3 is 25.3 Å². The lowest BCUT2D eigenvalue weighted by Gasteiger charge is -2.25. The summed E-state index contributed by atoms with van der Waals surface area (Å²) in [6.45, 7) is 4.14. The van der Waals surface area contributed by atoms with Gasteiger partial charge in [0.15, 0.2) is 11.3 Å². The SMILES string of the molecule is C1CC1.COC(C)(C)C(F)(F)F.O=C(NCc1nc2ccc(CN3CCNC3=O)cc2[nH]1)c1nonc1C1CC1. The summed E-state index contributed by atoms with van der Waals surface area (Å²) in [6.07, 6.45) is 2.25. The zero-order valence-corrected chi connectivity index (χ0v) is 22.7. The molecular formula is C26H34F3N7O4. The summed E-state index contributed by atoms with van der Waals surface area (Å²) in [4.78, 5) is 33.6. The molecular weight excluding hydrogens is 531 g/mol. The van der Waals surface area contributed by atoms with Crippen molar-refractivity contribution < 1.29 is 32.1 Å².